The second-order valence-corrected chi connectivity index (χ2v) is 5.42. The minimum atomic E-state index is -0.278. The molecule has 108 valence electrons. The van der Waals surface area contributed by atoms with Crippen molar-refractivity contribution in [2.24, 2.45) is 0 Å². The van der Waals surface area contributed by atoms with Crippen molar-refractivity contribution < 1.29 is 9.90 Å². The topological polar surface area (TPSA) is 61.4 Å². The normalized spacial score (nSPS) is 17.1. The Kier molecular flexibility index (Phi) is 3.62. The fourth-order valence-electron chi connectivity index (χ4n) is 2.61. The van der Waals surface area contributed by atoms with Gasteiger partial charge in [0, 0.05) is 6.54 Å². The summed E-state index contributed by atoms with van der Waals surface area (Å²) in [7, 11) is 0. The van der Waals surface area contributed by atoms with Crippen LogP contribution in [0.15, 0.2) is 42.5 Å². The van der Waals surface area contributed by atoms with Crippen LogP contribution in [0.3, 0.4) is 0 Å². The van der Waals surface area contributed by atoms with Crippen LogP contribution in [0.5, 0.6) is 5.75 Å². The summed E-state index contributed by atoms with van der Waals surface area (Å²) in [5, 5.41) is 15.8. The van der Waals surface area contributed by atoms with Gasteiger partial charge in [-0.3, -0.25) is 4.79 Å². The molecule has 2 aromatic carbocycles. The summed E-state index contributed by atoms with van der Waals surface area (Å²) in [5.74, 6) is -0.0319. The first-order valence-electron chi connectivity index (χ1n) is 7.04. The second-order valence-electron chi connectivity index (χ2n) is 5.42. The highest BCUT2D eigenvalue weighted by Gasteiger charge is 2.24. The Morgan fingerprint density at radius 2 is 2.00 bits per heavy atom. The van der Waals surface area contributed by atoms with E-state index in [1.807, 2.05) is 19.1 Å². The molecule has 1 atom stereocenters. The Morgan fingerprint density at radius 1 is 1.24 bits per heavy atom. The molecule has 4 heteroatoms. The van der Waals surface area contributed by atoms with E-state index < -0.39 is 0 Å². The van der Waals surface area contributed by atoms with E-state index in [1.54, 1.807) is 18.2 Å². The monoisotopic (exact) mass is 282 g/mol. The van der Waals surface area contributed by atoms with Gasteiger partial charge in [0.2, 0.25) is 5.91 Å². The summed E-state index contributed by atoms with van der Waals surface area (Å²) in [6, 6.07) is 13.0. The lowest BCUT2D eigenvalue weighted by Crippen LogP contribution is -2.44. The van der Waals surface area contributed by atoms with Gasteiger partial charge in [-0.05, 0) is 42.2 Å². The molecular formula is C17H18N2O2. The van der Waals surface area contributed by atoms with Gasteiger partial charge in [0.05, 0.1) is 11.7 Å². The average Bonchev–Trinajstić information content (AvgIpc) is 2.50. The van der Waals surface area contributed by atoms with E-state index in [2.05, 4.69) is 22.8 Å². The summed E-state index contributed by atoms with van der Waals surface area (Å²) in [6.45, 7) is 2.61. The first kappa shape index (κ1) is 13.6. The summed E-state index contributed by atoms with van der Waals surface area (Å²) in [4.78, 5) is 12.4. The number of nitrogens with one attached hydrogen (secondary N) is 2. The van der Waals surface area contributed by atoms with Crippen LogP contribution >= 0.6 is 0 Å². The molecule has 0 aliphatic carbocycles. The molecule has 0 aromatic heterocycles. The number of hydrogen-bond acceptors (Lipinski definition) is 3. The molecule has 4 nitrogen and oxygen atoms in total. The van der Waals surface area contributed by atoms with Gasteiger partial charge in [-0.1, -0.05) is 30.3 Å². The molecule has 0 saturated heterocycles. The first-order valence-corrected chi connectivity index (χ1v) is 7.04. The molecule has 0 unspecified atom stereocenters. The van der Waals surface area contributed by atoms with E-state index in [0.717, 1.165) is 5.56 Å². The van der Waals surface area contributed by atoms with Crippen molar-refractivity contribution in [1.82, 2.24) is 5.32 Å². The minimum absolute atomic E-state index is 0.0881. The molecular weight excluding hydrogens is 264 g/mol. The predicted octanol–water partition coefficient (Wildman–Crippen LogP) is 2.35. The molecule has 0 radical (unpaired) electrons. The lowest BCUT2D eigenvalue weighted by molar-refractivity contribution is -0.118. The van der Waals surface area contributed by atoms with Crippen LogP contribution in [0.1, 0.15) is 16.7 Å². The number of amides is 1. The molecule has 0 saturated carbocycles. The van der Waals surface area contributed by atoms with Gasteiger partial charge in [-0.15, -0.1) is 0 Å². The maximum Gasteiger partial charge on any atom is 0.241 e. The molecule has 2 aromatic rings. The molecule has 1 amide bonds. The van der Waals surface area contributed by atoms with Gasteiger partial charge in [-0.2, -0.15) is 0 Å². The van der Waals surface area contributed by atoms with Crippen molar-refractivity contribution in [1.29, 1.82) is 0 Å². The summed E-state index contributed by atoms with van der Waals surface area (Å²) in [5.41, 5.74) is 3.88. The first-order chi connectivity index (χ1) is 10.1. The number of hydrogen-bond donors (Lipinski definition) is 3. The summed E-state index contributed by atoms with van der Waals surface area (Å²) >= 11 is 0. The van der Waals surface area contributed by atoms with Gasteiger partial charge in [-0.25, -0.2) is 0 Å². The van der Waals surface area contributed by atoms with Crippen LogP contribution in [-0.2, 0) is 17.8 Å². The lowest BCUT2D eigenvalue weighted by Gasteiger charge is -2.25. The van der Waals surface area contributed by atoms with Gasteiger partial charge in [0.1, 0.15) is 5.75 Å². The number of fused-ring (bicyclic) bond motifs is 1. The van der Waals surface area contributed by atoms with E-state index in [4.69, 9.17) is 0 Å². The zero-order chi connectivity index (χ0) is 14.8. The highest BCUT2D eigenvalue weighted by atomic mass is 16.3. The molecule has 3 N–H and O–H groups in total. The molecule has 3 rings (SSSR count). The number of rotatable bonds is 2. The third-order valence-corrected chi connectivity index (χ3v) is 3.81. The fraction of sp³-hybridized carbons (Fsp3) is 0.235. The number of aryl methyl sites for hydroxylation is 1. The number of aromatic hydroxyl groups is 1. The lowest BCUT2D eigenvalue weighted by atomic mass is 9.95. The number of carbonyl (C=O) groups excluding carboxylic acids is 1. The van der Waals surface area contributed by atoms with Crippen molar-refractivity contribution >= 4 is 11.6 Å². The Bertz CT molecular complexity index is 682. The van der Waals surface area contributed by atoms with E-state index in [1.165, 1.54) is 11.1 Å². The standard InChI is InChI=1S/C17H18N2O2/c1-11-6-7-16(20)14(8-11)19-17(21)15-9-12-4-2-3-5-13(12)10-18-15/h2-8,15,18,20H,9-10H2,1H3,(H,19,21)/t15-/m0/s1. The largest absolute Gasteiger partial charge is 0.506 e. The van der Waals surface area contributed by atoms with Crippen LogP contribution in [0.4, 0.5) is 5.69 Å². The zero-order valence-corrected chi connectivity index (χ0v) is 11.9. The SMILES string of the molecule is Cc1ccc(O)c(NC(=O)[C@@H]2Cc3ccccc3CN2)c1. The van der Waals surface area contributed by atoms with Crippen molar-refractivity contribution in [2.45, 2.75) is 25.9 Å². The maximum atomic E-state index is 12.4. The summed E-state index contributed by atoms with van der Waals surface area (Å²) < 4.78 is 0. The van der Waals surface area contributed by atoms with E-state index in [-0.39, 0.29) is 17.7 Å². The zero-order valence-electron chi connectivity index (χ0n) is 11.9. The second kappa shape index (κ2) is 5.58. The molecule has 0 fully saturated rings. The van der Waals surface area contributed by atoms with Crippen LogP contribution in [-0.4, -0.2) is 17.1 Å². The van der Waals surface area contributed by atoms with E-state index in [9.17, 15) is 9.90 Å². The minimum Gasteiger partial charge on any atom is -0.506 e. The van der Waals surface area contributed by atoms with Crippen molar-refractivity contribution in [2.75, 3.05) is 5.32 Å². The van der Waals surface area contributed by atoms with Crippen LogP contribution in [0.2, 0.25) is 0 Å². The number of anilines is 1. The average molecular weight is 282 g/mol. The smallest absolute Gasteiger partial charge is 0.241 e. The number of carbonyl (C=O) groups is 1. The van der Waals surface area contributed by atoms with Crippen molar-refractivity contribution in [3.63, 3.8) is 0 Å². The highest BCUT2D eigenvalue weighted by molar-refractivity contribution is 5.96. The Labute approximate surface area is 123 Å². The van der Waals surface area contributed by atoms with E-state index >= 15 is 0 Å². The molecule has 1 aliphatic heterocycles. The third kappa shape index (κ3) is 2.90. The molecule has 0 spiro atoms. The fourth-order valence-corrected chi connectivity index (χ4v) is 2.61. The van der Waals surface area contributed by atoms with Gasteiger partial charge in [0.15, 0.2) is 0 Å². The molecule has 21 heavy (non-hydrogen) atoms. The van der Waals surface area contributed by atoms with Crippen LogP contribution < -0.4 is 10.6 Å². The van der Waals surface area contributed by atoms with Gasteiger partial charge >= 0.3 is 0 Å². The third-order valence-electron chi connectivity index (χ3n) is 3.81. The molecule has 0 bridgehead atoms. The number of benzene rings is 2. The number of phenols is 1. The van der Waals surface area contributed by atoms with Gasteiger partial charge < -0.3 is 15.7 Å². The van der Waals surface area contributed by atoms with Crippen LogP contribution in [0, 0.1) is 6.92 Å². The quantitative estimate of drug-likeness (QED) is 0.741. The Balaban J connectivity index is 1.74. The van der Waals surface area contributed by atoms with Crippen LogP contribution in [0.25, 0.3) is 0 Å². The van der Waals surface area contributed by atoms with Crippen molar-refractivity contribution in [3.05, 3.63) is 59.2 Å². The molecule has 1 aliphatic rings. The Morgan fingerprint density at radius 3 is 2.81 bits per heavy atom. The predicted molar refractivity (Wildman–Crippen MR) is 82.2 cm³/mol. The van der Waals surface area contributed by atoms with Crippen molar-refractivity contribution in [3.8, 4) is 5.75 Å². The maximum absolute atomic E-state index is 12.4. The highest BCUT2D eigenvalue weighted by Crippen LogP contribution is 2.24. The number of phenolic OH excluding ortho intramolecular Hbond substituents is 1. The Hall–Kier alpha value is -2.33. The molecule has 1 heterocycles. The van der Waals surface area contributed by atoms with E-state index in [0.29, 0.717) is 18.7 Å². The van der Waals surface area contributed by atoms with Gasteiger partial charge in [0.25, 0.3) is 0 Å². The summed E-state index contributed by atoms with van der Waals surface area (Å²) in [6.07, 6.45) is 0.661.